The molecule has 0 aromatic heterocycles. The van der Waals surface area contributed by atoms with E-state index in [1.807, 2.05) is 0 Å². The Hall–Kier alpha value is -1.84. The molecule has 3 nitrogen and oxygen atoms in total. The smallest absolute Gasteiger partial charge is 0.127 e. The molecule has 0 aliphatic heterocycles. The van der Waals surface area contributed by atoms with Gasteiger partial charge in [0.15, 0.2) is 0 Å². The van der Waals surface area contributed by atoms with Crippen LogP contribution in [0.25, 0.3) is 0 Å². The summed E-state index contributed by atoms with van der Waals surface area (Å²) in [6.07, 6.45) is 9.78. The van der Waals surface area contributed by atoms with E-state index in [1.54, 1.807) is 7.11 Å². The molecule has 1 N–H and O–H groups in total. The quantitative estimate of drug-likeness (QED) is 0.429. The van der Waals surface area contributed by atoms with Crippen LogP contribution < -0.4 is 10.1 Å². The maximum absolute atomic E-state index is 6.63. The largest absolute Gasteiger partial charge is 0.485 e. The molecule has 30 heavy (non-hydrogen) atoms. The van der Waals surface area contributed by atoms with Crippen LogP contribution in [-0.2, 0) is 17.6 Å². The highest BCUT2D eigenvalue weighted by Gasteiger charge is 2.30. The molecular weight excluding hydrogens is 370 g/mol. The molecule has 0 saturated carbocycles. The highest BCUT2D eigenvalue weighted by molar-refractivity contribution is 5.34. The summed E-state index contributed by atoms with van der Waals surface area (Å²) in [5.74, 6) is 1.56. The molecule has 0 saturated heterocycles. The number of unbranched alkanes of at least 4 members (excludes halogenated alkanes) is 1. The molecule has 3 atom stereocenters. The summed E-state index contributed by atoms with van der Waals surface area (Å²) in [7, 11) is 3.83. The fourth-order valence-electron chi connectivity index (χ4n) is 4.69. The van der Waals surface area contributed by atoms with Crippen LogP contribution in [-0.4, -0.2) is 26.8 Å². The third-order valence-corrected chi connectivity index (χ3v) is 6.63. The molecule has 1 aliphatic rings. The van der Waals surface area contributed by atoms with Crippen molar-refractivity contribution >= 4 is 0 Å². The van der Waals surface area contributed by atoms with E-state index >= 15 is 0 Å². The lowest BCUT2D eigenvalue weighted by atomic mass is 9.78. The highest BCUT2D eigenvalue weighted by Crippen LogP contribution is 2.40. The van der Waals surface area contributed by atoms with E-state index in [4.69, 9.17) is 9.47 Å². The topological polar surface area (TPSA) is 30.5 Å². The molecule has 2 aromatic rings. The average Bonchev–Trinajstić information content (AvgIpc) is 2.79. The minimum atomic E-state index is 0.158. The Balaban J connectivity index is 1.65. The SMILES string of the molecule is CC[C@H](CCCCC1CCc2ccccc2[C@@H]1Oc1ccc(CCOC)cc1)NC. The van der Waals surface area contributed by atoms with Gasteiger partial charge in [0.25, 0.3) is 0 Å². The van der Waals surface area contributed by atoms with Gasteiger partial charge in [-0.1, -0.05) is 56.2 Å². The molecule has 0 bridgehead atoms. The Kier molecular flexibility index (Phi) is 9.23. The van der Waals surface area contributed by atoms with E-state index in [1.165, 1.54) is 61.6 Å². The van der Waals surface area contributed by atoms with Crippen molar-refractivity contribution in [2.24, 2.45) is 5.92 Å². The lowest BCUT2D eigenvalue weighted by molar-refractivity contribution is 0.111. The van der Waals surface area contributed by atoms with Crippen molar-refractivity contribution in [2.45, 2.75) is 70.4 Å². The first-order valence-electron chi connectivity index (χ1n) is 11.7. The fourth-order valence-corrected chi connectivity index (χ4v) is 4.69. The maximum Gasteiger partial charge on any atom is 0.127 e. The molecule has 0 radical (unpaired) electrons. The molecule has 0 heterocycles. The first kappa shape index (κ1) is 22.8. The predicted octanol–water partition coefficient (Wildman–Crippen LogP) is 6.12. The summed E-state index contributed by atoms with van der Waals surface area (Å²) in [6.45, 7) is 3.02. The van der Waals surface area contributed by atoms with Gasteiger partial charge in [0.1, 0.15) is 11.9 Å². The van der Waals surface area contributed by atoms with Crippen molar-refractivity contribution in [2.75, 3.05) is 20.8 Å². The van der Waals surface area contributed by atoms with Crippen LogP contribution in [0.3, 0.4) is 0 Å². The Bertz CT molecular complexity index is 739. The summed E-state index contributed by atoms with van der Waals surface area (Å²) in [5, 5.41) is 3.43. The normalized spacial score (nSPS) is 19.3. The number of hydrogen-bond donors (Lipinski definition) is 1. The zero-order valence-corrected chi connectivity index (χ0v) is 19.0. The van der Waals surface area contributed by atoms with Crippen molar-refractivity contribution in [3.63, 3.8) is 0 Å². The van der Waals surface area contributed by atoms with Gasteiger partial charge in [0.05, 0.1) is 6.61 Å². The Morgan fingerprint density at radius 1 is 1.07 bits per heavy atom. The second kappa shape index (κ2) is 12.1. The number of aryl methyl sites for hydroxylation is 1. The third kappa shape index (κ3) is 6.33. The van der Waals surface area contributed by atoms with Gasteiger partial charge in [-0.05, 0) is 74.4 Å². The van der Waals surface area contributed by atoms with E-state index in [0.29, 0.717) is 12.0 Å². The van der Waals surface area contributed by atoms with Crippen molar-refractivity contribution in [1.29, 1.82) is 0 Å². The van der Waals surface area contributed by atoms with Gasteiger partial charge in [0, 0.05) is 19.1 Å². The highest BCUT2D eigenvalue weighted by atomic mass is 16.5. The molecule has 0 amide bonds. The van der Waals surface area contributed by atoms with Crippen LogP contribution in [0.5, 0.6) is 5.75 Å². The molecule has 164 valence electrons. The maximum atomic E-state index is 6.63. The van der Waals surface area contributed by atoms with E-state index in [0.717, 1.165) is 18.8 Å². The van der Waals surface area contributed by atoms with E-state index in [2.05, 4.69) is 67.8 Å². The first-order chi connectivity index (χ1) is 14.7. The van der Waals surface area contributed by atoms with E-state index in [-0.39, 0.29) is 6.10 Å². The average molecular weight is 410 g/mol. The van der Waals surface area contributed by atoms with Crippen LogP contribution in [0.15, 0.2) is 48.5 Å². The van der Waals surface area contributed by atoms with Gasteiger partial charge < -0.3 is 14.8 Å². The van der Waals surface area contributed by atoms with Crippen LogP contribution in [0.1, 0.15) is 68.2 Å². The minimum absolute atomic E-state index is 0.158. The number of nitrogens with one attached hydrogen (secondary N) is 1. The van der Waals surface area contributed by atoms with Crippen molar-refractivity contribution in [3.8, 4) is 5.75 Å². The summed E-state index contributed by atoms with van der Waals surface area (Å²) in [5.41, 5.74) is 4.13. The van der Waals surface area contributed by atoms with Crippen molar-refractivity contribution in [1.82, 2.24) is 5.32 Å². The second-order valence-corrected chi connectivity index (χ2v) is 8.60. The zero-order valence-electron chi connectivity index (χ0n) is 19.0. The van der Waals surface area contributed by atoms with Gasteiger partial charge in [0.2, 0.25) is 0 Å². The van der Waals surface area contributed by atoms with Crippen LogP contribution in [0.4, 0.5) is 0 Å². The van der Waals surface area contributed by atoms with Gasteiger partial charge >= 0.3 is 0 Å². The minimum Gasteiger partial charge on any atom is -0.485 e. The van der Waals surface area contributed by atoms with Gasteiger partial charge in [-0.3, -0.25) is 0 Å². The van der Waals surface area contributed by atoms with Gasteiger partial charge in [-0.25, -0.2) is 0 Å². The number of rotatable bonds is 12. The molecule has 3 rings (SSSR count). The summed E-state index contributed by atoms with van der Waals surface area (Å²) >= 11 is 0. The first-order valence-corrected chi connectivity index (χ1v) is 11.7. The molecule has 3 heteroatoms. The third-order valence-electron chi connectivity index (χ3n) is 6.63. The number of ether oxygens (including phenoxy) is 2. The molecule has 2 aromatic carbocycles. The number of benzene rings is 2. The molecule has 1 unspecified atom stereocenters. The van der Waals surface area contributed by atoms with Crippen molar-refractivity contribution in [3.05, 3.63) is 65.2 Å². The Morgan fingerprint density at radius 3 is 2.60 bits per heavy atom. The van der Waals surface area contributed by atoms with Crippen molar-refractivity contribution < 1.29 is 9.47 Å². The standard InChI is InChI=1S/C27H39NO2/c1-4-24(28-2)11-7-5-10-23-16-15-22-9-6-8-12-26(22)27(23)30-25-17-13-21(14-18-25)19-20-29-3/h6,8-9,12-14,17-18,23-24,27-28H,4-5,7,10-11,15-16,19-20H2,1-3H3/t23?,24-,27-/m1/s1. The monoisotopic (exact) mass is 409 g/mol. The number of fused-ring (bicyclic) bond motifs is 1. The summed E-state index contributed by atoms with van der Waals surface area (Å²) < 4.78 is 11.8. The molecule has 0 spiro atoms. The molecule has 0 fully saturated rings. The number of methoxy groups -OCH3 is 1. The predicted molar refractivity (Wildman–Crippen MR) is 125 cm³/mol. The lowest BCUT2D eigenvalue weighted by Gasteiger charge is -2.34. The van der Waals surface area contributed by atoms with Crippen LogP contribution in [0.2, 0.25) is 0 Å². The number of hydrogen-bond acceptors (Lipinski definition) is 3. The second-order valence-electron chi connectivity index (χ2n) is 8.60. The van der Waals surface area contributed by atoms with Crippen LogP contribution in [0, 0.1) is 5.92 Å². The molecule has 1 aliphatic carbocycles. The van der Waals surface area contributed by atoms with Crippen LogP contribution >= 0.6 is 0 Å². The Labute approximate surface area is 183 Å². The summed E-state index contributed by atoms with van der Waals surface area (Å²) in [6, 6.07) is 18.1. The molecular formula is C27H39NO2. The van der Waals surface area contributed by atoms with Gasteiger partial charge in [-0.2, -0.15) is 0 Å². The lowest BCUT2D eigenvalue weighted by Crippen LogP contribution is -2.26. The van der Waals surface area contributed by atoms with E-state index in [9.17, 15) is 0 Å². The zero-order chi connectivity index (χ0) is 21.2. The fraction of sp³-hybridized carbons (Fsp3) is 0.556. The Morgan fingerprint density at radius 2 is 1.87 bits per heavy atom. The van der Waals surface area contributed by atoms with E-state index < -0.39 is 0 Å². The summed E-state index contributed by atoms with van der Waals surface area (Å²) in [4.78, 5) is 0. The van der Waals surface area contributed by atoms with Gasteiger partial charge in [-0.15, -0.1) is 0 Å².